The monoisotopic (exact) mass is 529 g/mol. The Morgan fingerprint density at radius 3 is 2.74 bits per heavy atom. The van der Waals surface area contributed by atoms with E-state index in [1.54, 1.807) is 47.2 Å². The lowest BCUT2D eigenvalue weighted by molar-refractivity contribution is -0.126. The molecule has 5 rings (SSSR count). The molecule has 1 amide bonds. The van der Waals surface area contributed by atoms with Crippen molar-refractivity contribution in [1.82, 2.24) is 34.6 Å². The number of anilines is 3. The highest BCUT2D eigenvalue weighted by atomic mass is 19.1. The lowest BCUT2D eigenvalue weighted by Crippen LogP contribution is -2.53. The average molecular weight is 530 g/mol. The summed E-state index contributed by atoms with van der Waals surface area (Å²) in [6, 6.07) is 6.39. The maximum Gasteiger partial charge on any atom is 0.322 e. The smallest absolute Gasteiger partial charge is 0.322 e. The van der Waals surface area contributed by atoms with Gasteiger partial charge in [-0.05, 0) is 43.7 Å². The Kier molecular flexibility index (Phi) is 7.17. The molecule has 0 radical (unpaired) electrons. The molecule has 4 heterocycles. The van der Waals surface area contributed by atoms with Gasteiger partial charge in [0.15, 0.2) is 11.6 Å². The van der Waals surface area contributed by atoms with Gasteiger partial charge in [0.1, 0.15) is 5.82 Å². The number of piperazine rings is 1. The van der Waals surface area contributed by atoms with Crippen LogP contribution in [0.15, 0.2) is 61.7 Å². The first-order chi connectivity index (χ1) is 18.8. The van der Waals surface area contributed by atoms with Gasteiger partial charge in [0, 0.05) is 62.6 Å². The molecule has 11 nitrogen and oxygen atoms in total. The number of ether oxygens (including phenoxy) is 1. The molecule has 1 aromatic carbocycles. The van der Waals surface area contributed by atoms with Gasteiger partial charge in [0.05, 0.1) is 11.9 Å². The molecule has 0 bridgehead atoms. The zero-order valence-corrected chi connectivity index (χ0v) is 21.9. The number of nitrogens with one attached hydrogen (secondary N) is 1. The number of nitrogens with zero attached hydrogens (tertiary/aromatic N) is 8. The number of amides is 1. The number of halogens is 1. The fourth-order valence-electron chi connectivity index (χ4n) is 4.40. The molecule has 0 spiro atoms. The van der Waals surface area contributed by atoms with Crippen LogP contribution < -0.4 is 15.0 Å². The third-order valence-corrected chi connectivity index (χ3v) is 6.33. The summed E-state index contributed by atoms with van der Waals surface area (Å²) in [7, 11) is 1.82. The van der Waals surface area contributed by atoms with Crippen LogP contribution in [-0.2, 0) is 11.8 Å². The minimum Gasteiger partial charge on any atom is -0.421 e. The van der Waals surface area contributed by atoms with Gasteiger partial charge in [0.2, 0.25) is 11.9 Å². The summed E-state index contributed by atoms with van der Waals surface area (Å²) in [6.07, 6.45) is 8.02. The highest BCUT2D eigenvalue weighted by molar-refractivity contribution is 5.87. The van der Waals surface area contributed by atoms with Crippen molar-refractivity contribution in [3.05, 3.63) is 73.2 Å². The molecular weight excluding hydrogens is 501 g/mol. The fourth-order valence-corrected chi connectivity index (χ4v) is 4.40. The van der Waals surface area contributed by atoms with Crippen LogP contribution in [-0.4, -0.2) is 66.2 Å². The summed E-state index contributed by atoms with van der Waals surface area (Å²) >= 11 is 0. The Balaban J connectivity index is 1.49. The molecule has 0 saturated carbocycles. The number of hydrogen-bond donors (Lipinski definition) is 1. The molecule has 4 aromatic rings. The van der Waals surface area contributed by atoms with Crippen molar-refractivity contribution < 1.29 is 13.9 Å². The molecule has 3 aromatic heterocycles. The summed E-state index contributed by atoms with van der Waals surface area (Å²) < 4.78 is 22.5. The van der Waals surface area contributed by atoms with Crippen molar-refractivity contribution in [2.75, 3.05) is 29.9 Å². The van der Waals surface area contributed by atoms with Gasteiger partial charge in [-0.3, -0.25) is 9.48 Å². The molecule has 1 aliphatic heterocycles. The SMILES string of the molecule is C=CC(=O)N1CCN(c2nc(Nc3cnn(C)c3)ncc2-c2ccc(Oc3nccc(C)n3)c(F)c2)[C@H](C)C1. The van der Waals surface area contributed by atoms with Crippen LogP contribution in [0.5, 0.6) is 11.8 Å². The van der Waals surface area contributed by atoms with E-state index in [1.165, 1.54) is 18.2 Å². The van der Waals surface area contributed by atoms with E-state index in [4.69, 9.17) is 9.72 Å². The Bertz CT molecular complexity index is 1520. The van der Waals surface area contributed by atoms with Crippen LogP contribution in [0.2, 0.25) is 0 Å². The van der Waals surface area contributed by atoms with Crippen LogP contribution in [0.4, 0.5) is 21.8 Å². The van der Waals surface area contributed by atoms with Crippen molar-refractivity contribution in [3.63, 3.8) is 0 Å². The van der Waals surface area contributed by atoms with Crippen LogP contribution >= 0.6 is 0 Å². The molecule has 1 aliphatic rings. The predicted molar refractivity (Wildman–Crippen MR) is 144 cm³/mol. The van der Waals surface area contributed by atoms with Crippen molar-refractivity contribution >= 4 is 23.4 Å². The van der Waals surface area contributed by atoms with Gasteiger partial charge in [-0.1, -0.05) is 12.6 Å². The van der Waals surface area contributed by atoms with Gasteiger partial charge < -0.3 is 19.9 Å². The second-order valence-electron chi connectivity index (χ2n) is 9.22. The molecule has 1 N–H and O–H groups in total. The van der Waals surface area contributed by atoms with Gasteiger partial charge in [-0.25, -0.2) is 19.3 Å². The molecule has 1 atom stereocenters. The van der Waals surface area contributed by atoms with Gasteiger partial charge >= 0.3 is 6.01 Å². The quantitative estimate of drug-likeness (QED) is 0.356. The highest BCUT2D eigenvalue weighted by Crippen LogP contribution is 2.35. The van der Waals surface area contributed by atoms with Crippen LogP contribution in [0.25, 0.3) is 11.1 Å². The van der Waals surface area contributed by atoms with E-state index in [2.05, 4.69) is 36.8 Å². The summed E-state index contributed by atoms with van der Waals surface area (Å²) in [5.74, 6) is 0.306. The lowest BCUT2D eigenvalue weighted by atomic mass is 10.1. The predicted octanol–water partition coefficient (Wildman–Crippen LogP) is 3.87. The lowest BCUT2D eigenvalue weighted by Gasteiger charge is -2.41. The zero-order valence-electron chi connectivity index (χ0n) is 21.9. The summed E-state index contributed by atoms with van der Waals surface area (Å²) in [5, 5.41) is 7.34. The summed E-state index contributed by atoms with van der Waals surface area (Å²) in [5.41, 5.74) is 2.66. The Morgan fingerprint density at radius 2 is 2.05 bits per heavy atom. The molecule has 200 valence electrons. The number of carbonyl (C=O) groups is 1. The normalized spacial score (nSPS) is 15.2. The van der Waals surface area contributed by atoms with Crippen molar-refractivity contribution in [3.8, 4) is 22.9 Å². The molecule has 39 heavy (non-hydrogen) atoms. The van der Waals surface area contributed by atoms with Gasteiger partial charge in [-0.2, -0.15) is 10.1 Å². The zero-order chi connectivity index (χ0) is 27.5. The van der Waals surface area contributed by atoms with E-state index >= 15 is 4.39 Å². The minimum absolute atomic E-state index is 0.00611. The average Bonchev–Trinajstić information content (AvgIpc) is 3.33. The number of carbonyl (C=O) groups excluding carboxylic acids is 1. The number of rotatable bonds is 7. The molecule has 1 saturated heterocycles. The fraction of sp³-hybridized carbons (Fsp3) is 0.259. The highest BCUT2D eigenvalue weighted by Gasteiger charge is 2.29. The third kappa shape index (κ3) is 5.69. The van der Waals surface area contributed by atoms with Crippen molar-refractivity contribution in [2.45, 2.75) is 19.9 Å². The van der Waals surface area contributed by atoms with Crippen molar-refractivity contribution in [1.29, 1.82) is 0 Å². The summed E-state index contributed by atoms with van der Waals surface area (Å²) in [4.78, 5) is 33.6. The second-order valence-corrected chi connectivity index (χ2v) is 9.22. The molecule has 12 heteroatoms. The number of benzene rings is 1. The maximum absolute atomic E-state index is 15.2. The number of aryl methyl sites for hydroxylation is 2. The van der Waals surface area contributed by atoms with Gasteiger partial charge in [-0.15, -0.1) is 0 Å². The first-order valence-corrected chi connectivity index (χ1v) is 12.4. The van der Waals surface area contributed by atoms with E-state index in [-0.39, 0.29) is 23.7 Å². The van der Waals surface area contributed by atoms with E-state index in [0.717, 1.165) is 5.69 Å². The van der Waals surface area contributed by atoms with Crippen molar-refractivity contribution in [2.24, 2.45) is 7.05 Å². The van der Waals surface area contributed by atoms with E-state index in [1.807, 2.05) is 20.2 Å². The van der Waals surface area contributed by atoms with E-state index in [9.17, 15) is 4.79 Å². The third-order valence-electron chi connectivity index (χ3n) is 6.33. The number of aromatic nitrogens is 6. The first kappa shape index (κ1) is 25.8. The van der Waals surface area contributed by atoms with Crippen LogP contribution in [0.3, 0.4) is 0 Å². The summed E-state index contributed by atoms with van der Waals surface area (Å²) in [6.45, 7) is 8.95. The van der Waals surface area contributed by atoms with E-state index < -0.39 is 5.82 Å². The molecular formula is C27H28FN9O2. The topological polar surface area (TPSA) is 114 Å². The number of hydrogen-bond acceptors (Lipinski definition) is 9. The Morgan fingerprint density at radius 1 is 1.21 bits per heavy atom. The van der Waals surface area contributed by atoms with Gasteiger partial charge in [0.25, 0.3) is 0 Å². The second kappa shape index (κ2) is 10.9. The van der Waals surface area contributed by atoms with Crippen LogP contribution in [0.1, 0.15) is 12.6 Å². The molecule has 0 aliphatic carbocycles. The van der Waals surface area contributed by atoms with E-state index in [0.29, 0.717) is 48.2 Å². The molecule has 0 unspecified atom stereocenters. The Hall–Kier alpha value is -4.87. The van der Waals surface area contributed by atoms with Crippen LogP contribution in [0, 0.1) is 12.7 Å². The largest absolute Gasteiger partial charge is 0.421 e. The first-order valence-electron chi connectivity index (χ1n) is 12.4. The molecule has 1 fully saturated rings. The maximum atomic E-state index is 15.2. The Labute approximate surface area is 225 Å². The minimum atomic E-state index is -0.574. The standard InChI is InChI=1S/C27H28FN9O2/c1-5-24(38)36-10-11-37(18(3)15-36)25-21(14-30-26(34-25)33-20-13-31-35(4)16-20)19-6-7-23(22(28)12-19)39-27-29-9-8-17(2)32-27/h5-9,12-14,16,18H,1,10-11,15H2,2-4H3,(H,30,33,34)/t18-/m1/s1.